The number of fused-ring (bicyclic) bond motifs is 1. The minimum absolute atomic E-state index is 0.0583. The summed E-state index contributed by atoms with van der Waals surface area (Å²) in [5.41, 5.74) is 2.61. The highest BCUT2D eigenvalue weighted by atomic mass is 16.2. The minimum Gasteiger partial charge on any atom is -0.380 e. The summed E-state index contributed by atoms with van der Waals surface area (Å²) < 4.78 is 0. The second-order valence-corrected chi connectivity index (χ2v) is 5.87. The fraction of sp³-hybridized carbons (Fsp3) is 0.222. The Hall–Kier alpha value is -3.02. The van der Waals surface area contributed by atoms with E-state index in [-0.39, 0.29) is 11.9 Å². The number of hydrogen-bond acceptors (Lipinski definition) is 5. The standard InChI is InChI=1S/C18H17N5O/c24-18(13-1-6-19-7-2-13)23-10-5-14(12-23)22-17-4-9-21-16-3-8-20-11-15(16)17/h1-4,6-9,11,14H,5,10,12H2,(H,21,22). The Morgan fingerprint density at radius 1 is 1.08 bits per heavy atom. The number of anilines is 1. The van der Waals surface area contributed by atoms with Crippen molar-refractivity contribution in [2.45, 2.75) is 12.5 Å². The highest BCUT2D eigenvalue weighted by Gasteiger charge is 2.27. The van der Waals surface area contributed by atoms with Crippen LogP contribution in [0.25, 0.3) is 10.9 Å². The molecule has 4 heterocycles. The van der Waals surface area contributed by atoms with Crippen molar-refractivity contribution in [3.8, 4) is 0 Å². The number of aromatic nitrogens is 3. The lowest BCUT2D eigenvalue weighted by Gasteiger charge is -2.18. The van der Waals surface area contributed by atoms with E-state index >= 15 is 0 Å². The average Bonchev–Trinajstić information content (AvgIpc) is 3.11. The van der Waals surface area contributed by atoms with Crippen LogP contribution in [0.3, 0.4) is 0 Å². The lowest BCUT2D eigenvalue weighted by atomic mass is 10.2. The molecule has 0 aliphatic carbocycles. The van der Waals surface area contributed by atoms with Gasteiger partial charge in [-0.3, -0.25) is 19.7 Å². The molecule has 24 heavy (non-hydrogen) atoms. The Kier molecular flexibility index (Phi) is 3.78. The summed E-state index contributed by atoms with van der Waals surface area (Å²) in [4.78, 5) is 26.9. The smallest absolute Gasteiger partial charge is 0.254 e. The molecule has 6 nitrogen and oxygen atoms in total. The van der Waals surface area contributed by atoms with Crippen LogP contribution in [0.2, 0.25) is 0 Å². The van der Waals surface area contributed by atoms with Crippen LogP contribution in [0.1, 0.15) is 16.8 Å². The molecular weight excluding hydrogens is 302 g/mol. The van der Waals surface area contributed by atoms with Crippen LogP contribution in [0.4, 0.5) is 5.69 Å². The van der Waals surface area contributed by atoms with Crippen LogP contribution < -0.4 is 5.32 Å². The van der Waals surface area contributed by atoms with Crippen LogP contribution >= 0.6 is 0 Å². The number of likely N-dealkylation sites (tertiary alicyclic amines) is 1. The van der Waals surface area contributed by atoms with E-state index in [0.717, 1.165) is 29.6 Å². The molecule has 1 N–H and O–H groups in total. The maximum absolute atomic E-state index is 12.5. The zero-order valence-electron chi connectivity index (χ0n) is 13.1. The van der Waals surface area contributed by atoms with Crippen molar-refractivity contribution in [1.82, 2.24) is 19.9 Å². The highest BCUT2D eigenvalue weighted by molar-refractivity contribution is 5.94. The molecule has 1 amide bonds. The molecule has 0 aromatic carbocycles. The normalized spacial score (nSPS) is 17.2. The second kappa shape index (κ2) is 6.23. The number of rotatable bonds is 3. The fourth-order valence-corrected chi connectivity index (χ4v) is 3.07. The van der Waals surface area contributed by atoms with E-state index < -0.39 is 0 Å². The first-order valence-corrected chi connectivity index (χ1v) is 7.96. The molecule has 1 unspecified atom stereocenters. The Bertz CT molecular complexity index is 862. The summed E-state index contributed by atoms with van der Waals surface area (Å²) in [6, 6.07) is 7.59. The lowest BCUT2D eigenvalue weighted by molar-refractivity contribution is 0.0791. The van der Waals surface area contributed by atoms with Gasteiger partial charge >= 0.3 is 0 Å². The van der Waals surface area contributed by atoms with Crippen molar-refractivity contribution in [2.75, 3.05) is 18.4 Å². The molecule has 3 aromatic rings. The SMILES string of the molecule is O=C(c1ccncc1)N1CCC(Nc2ccnc3ccncc23)C1. The number of carbonyl (C=O) groups is 1. The van der Waals surface area contributed by atoms with Crippen LogP contribution in [0.5, 0.6) is 0 Å². The molecule has 0 bridgehead atoms. The number of pyridine rings is 3. The van der Waals surface area contributed by atoms with Gasteiger partial charge in [-0.25, -0.2) is 0 Å². The maximum atomic E-state index is 12.5. The van der Waals surface area contributed by atoms with Crippen LogP contribution in [0.15, 0.2) is 55.2 Å². The largest absolute Gasteiger partial charge is 0.380 e. The predicted octanol–water partition coefficient (Wildman–Crippen LogP) is 2.35. The van der Waals surface area contributed by atoms with Gasteiger partial charge in [0.15, 0.2) is 0 Å². The van der Waals surface area contributed by atoms with E-state index in [1.807, 2.05) is 23.2 Å². The van der Waals surface area contributed by atoms with Gasteiger partial charge in [0.1, 0.15) is 0 Å². The lowest BCUT2D eigenvalue weighted by Crippen LogP contribution is -2.31. The second-order valence-electron chi connectivity index (χ2n) is 5.87. The Labute approximate surface area is 139 Å². The molecule has 3 aromatic heterocycles. The third kappa shape index (κ3) is 2.78. The van der Waals surface area contributed by atoms with E-state index in [2.05, 4.69) is 20.3 Å². The van der Waals surface area contributed by atoms with Crippen molar-refractivity contribution >= 4 is 22.5 Å². The van der Waals surface area contributed by atoms with Crippen molar-refractivity contribution < 1.29 is 4.79 Å². The van der Waals surface area contributed by atoms with Gasteiger partial charge in [-0.2, -0.15) is 0 Å². The maximum Gasteiger partial charge on any atom is 0.254 e. The Morgan fingerprint density at radius 2 is 1.92 bits per heavy atom. The molecule has 1 aliphatic rings. The van der Waals surface area contributed by atoms with Gasteiger partial charge in [-0.15, -0.1) is 0 Å². The molecule has 1 aliphatic heterocycles. The first kappa shape index (κ1) is 14.6. The van der Waals surface area contributed by atoms with Gasteiger partial charge in [-0.05, 0) is 30.7 Å². The third-order valence-corrected chi connectivity index (χ3v) is 4.31. The minimum atomic E-state index is 0.0583. The zero-order valence-corrected chi connectivity index (χ0v) is 13.1. The number of nitrogens with zero attached hydrogens (tertiary/aromatic N) is 4. The van der Waals surface area contributed by atoms with Crippen molar-refractivity contribution in [1.29, 1.82) is 0 Å². The summed E-state index contributed by atoms with van der Waals surface area (Å²) in [6.07, 6.45) is 9.56. The fourth-order valence-electron chi connectivity index (χ4n) is 3.07. The molecule has 1 fully saturated rings. The highest BCUT2D eigenvalue weighted by Crippen LogP contribution is 2.23. The summed E-state index contributed by atoms with van der Waals surface area (Å²) >= 11 is 0. The predicted molar refractivity (Wildman–Crippen MR) is 91.7 cm³/mol. The van der Waals surface area contributed by atoms with E-state index in [4.69, 9.17) is 0 Å². The molecule has 1 saturated heterocycles. The summed E-state index contributed by atoms with van der Waals surface area (Å²) in [5.74, 6) is 0.0583. The van der Waals surface area contributed by atoms with Gasteiger partial charge in [0.05, 0.1) is 5.52 Å². The number of carbonyl (C=O) groups excluding carboxylic acids is 1. The monoisotopic (exact) mass is 319 g/mol. The topological polar surface area (TPSA) is 71.0 Å². The Morgan fingerprint density at radius 3 is 2.79 bits per heavy atom. The molecule has 6 heteroatoms. The van der Waals surface area contributed by atoms with E-state index in [9.17, 15) is 4.79 Å². The van der Waals surface area contributed by atoms with Gasteiger partial charge in [0.2, 0.25) is 0 Å². The first-order chi connectivity index (χ1) is 11.8. The van der Waals surface area contributed by atoms with Crippen molar-refractivity contribution in [3.05, 3.63) is 60.8 Å². The van der Waals surface area contributed by atoms with Crippen molar-refractivity contribution in [2.24, 2.45) is 0 Å². The van der Waals surface area contributed by atoms with Crippen LogP contribution in [-0.2, 0) is 0 Å². The molecule has 0 spiro atoms. The first-order valence-electron chi connectivity index (χ1n) is 7.96. The number of amides is 1. The van der Waals surface area contributed by atoms with Crippen LogP contribution in [0, 0.1) is 0 Å². The quantitative estimate of drug-likeness (QED) is 0.802. The average molecular weight is 319 g/mol. The van der Waals surface area contributed by atoms with Crippen LogP contribution in [-0.4, -0.2) is 44.9 Å². The van der Waals surface area contributed by atoms with Crippen molar-refractivity contribution in [3.63, 3.8) is 0 Å². The molecule has 0 radical (unpaired) electrons. The number of nitrogens with one attached hydrogen (secondary N) is 1. The molecule has 120 valence electrons. The molecular formula is C18H17N5O. The third-order valence-electron chi connectivity index (χ3n) is 4.31. The molecule has 0 saturated carbocycles. The van der Waals surface area contributed by atoms with Gasteiger partial charge in [0, 0.05) is 66.8 Å². The van der Waals surface area contributed by atoms with Gasteiger partial charge < -0.3 is 10.2 Å². The Balaban J connectivity index is 1.48. The molecule has 1 atom stereocenters. The van der Waals surface area contributed by atoms with E-state index in [1.165, 1.54) is 0 Å². The summed E-state index contributed by atoms with van der Waals surface area (Å²) in [6.45, 7) is 1.44. The van der Waals surface area contributed by atoms with E-state index in [0.29, 0.717) is 12.1 Å². The molecule has 4 rings (SSSR count). The number of hydrogen-bond donors (Lipinski definition) is 1. The summed E-state index contributed by atoms with van der Waals surface area (Å²) in [5, 5.41) is 4.53. The summed E-state index contributed by atoms with van der Waals surface area (Å²) in [7, 11) is 0. The van der Waals surface area contributed by atoms with Gasteiger partial charge in [-0.1, -0.05) is 0 Å². The zero-order chi connectivity index (χ0) is 16.4. The van der Waals surface area contributed by atoms with E-state index in [1.54, 1.807) is 36.9 Å². The van der Waals surface area contributed by atoms with Gasteiger partial charge in [0.25, 0.3) is 5.91 Å².